The first-order valence-electron chi connectivity index (χ1n) is 7.72. The van der Waals surface area contributed by atoms with Crippen molar-refractivity contribution in [2.24, 2.45) is 5.92 Å². The lowest BCUT2D eigenvalue weighted by Crippen LogP contribution is -2.30. The van der Waals surface area contributed by atoms with Crippen molar-refractivity contribution >= 4 is 5.91 Å². The van der Waals surface area contributed by atoms with Gasteiger partial charge < -0.3 is 10.1 Å². The Morgan fingerprint density at radius 3 is 2.70 bits per heavy atom. The number of carbonyl (C=O) groups is 1. The Balaban J connectivity index is 1.89. The summed E-state index contributed by atoms with van der Waals surface area (Å²) in [6, 6.07) is 5.63. The van der Waals surface area contributed by atoms with Gasteiger partial charge in [0.2, 0.25) is 0 Å². The fourth-order valence-electron chi connectivity index (χ4n) is 2.84. The van der Waals surface area contributed by atoms with E-state index in [1.807, 2.05) is 32.0 Å². The highest BCUT2D eigenvalue weighted by Gasteiger charge is 2.15. The second-order valence-electron chi connectivity index (χ2n) is 5.63. The van der Waals surface area contributed by atoms with Gasteiger partial charge in [-0.1, -0.05) is 19.3 Å². The second kappa shape index (κ2) is 7.32. The third-order valence-electron chi connectivity index (χ3n) is 4.01. The third kappa shape index (κ3) is 3.99. The van der Waals surface area contributed by atoms with Gasteiger partial charge in [0.15, 0.2) is 0 Å². The van der Waals surface area contributed by atoms with Gasteiger partial charge in [0.05, 0.1) is 6.61 Å². The summed E-state index contributed by atoms with van der Waals surface area (Å²) < 4.78 is 5.49. The lowest BCUT2D eigenvalue weighted by atomic mass is 9.89. The van der Waals surface area contributed by atoms with Gasteiger partial charge >= 0.3 is 0 Å². The quantitative estimate of drug-likeness (QED) is 0.889. The van der Waals surface area contributed by atoms with Crippen LogP contribution in [0.25, 0.3) is 0 Å². The van der Waals surface area contributed by atoms with Crippen LogP contribution in [0.15, 0.2) is 18.2 Å². The number of amides is 1. The molecule has 3 nitrogen and oxygen atoms in total. The monoisotopic (exact) mass is 275 g/mol. The average Bonchev–Trinajstić information content (AvgIpc) is 2.48. The number of nitrogens with one attached hydrogen (secondary N) is 1. The van der Waals surface area contributed by atoms with Crippen molar-refractivity contribution in [3.63, 3.8) is 0 Å². The predicted molar refractivity (Wildman–Crippen MR) is 81.3 cm³/mol. The fourth-order valence-corrected chi connectivity index (χ4v) is 2.84. The SMILES string of the molecule is CCOc1ccc(C(=O)NCC2CCCCC2)cc1C. The van der Waals surface area contributed by atoms with Crippen molar-refractivity contribution in [3.8, 4) is 5.75 Å². The van der Waals surface area contributed by atoms with E-state index < -0.39 is 0 Å². The molecule has 0 unspecified atom stereocenters. The van der Waals surface area contributed by atoms with Crippen LogP contribution in [0.3, 0.4) is 0 Å². The molecule has 0 spiro atoms. The van der Waals surface area contributed by atoms with E-state index in [9.17, 15) is 4.79 Å². The number of benzene rings is 1. The van der Waals surface area contributed by atoms with Crippen LogP contribution < -0.4 is 10.1 Å². The Morgan fingerprint density at radius 2 is 2.05 bits per heavy atom. The molecule has 20 heavy (non-hydrogen) atoms. The van der Waals surface area contributed by atoms with Gasteiger partial charge in [-0.3, -0.25) is 4.79 Å². The van der Waals surface area contributed by atoms with Crippen LogP contribution in [0, 0.1) is 12.8 Å². The van der Waals surface area contributed by atoms with Crippen molar-refractivity contribution in [1.82, 2.24) is 5.32 Å². The minimum absolute atomic E-state index is 0.0294. The van der Waals surface area contributed by atoms with Crippen LogP contribution in [-0.4, -0.2) is 19.1 Å². The molecule has 0 aromatic heterocycles. The normalized spacial score (nSPS) is 15.9. The summed E-state index contributed by atoms with van der Waals surface area (Å²) in [6.07, 6.45) is 6.47. The van der Waals surface area contributed by atoms with Crippen LogP contribution in [0.2, 0.25) is 0 Å². The fraction of sp³-hybridized carbons (Fsp3) is 0.588. The van der Waals surface area contributed by atoms with Crippen molar-refractivity contribution in [2.45, 2.75) is 46.0 Å². The maximum Gasteiger partial charge on any atom is 0.251 e. The highest BCUT2D eigenvalue weighted by molar-refractivity contribution is 5.94. The van der Waals surface area contributed by atoms with Gasteiger partial charge in [-0.2, -0.15) is 0 Å². The maximum absolute atomic E-state index is 12.2. The summed E-state index contributed by atoms with van der Waals surface area (Å²) in [6.45, 7) is 5.40. The minimum atomic E-state index is 0.0294. The van der Waals surface area contributed by atoms with Crippen molar-refractivity contribution < 1.29 is 9.53 Å². The van der Waals surface area contributed by atoms with E-state index in [1.165, 1.54) is 32.1 Å². The summed E-state index contributed by atoms with van der Waals surface area (Å²) in [4.78, 5) is 12.2. The number of hydrogen-bond acceptors (Lipinski definition) is 2. The van der Waals surface area contributed by atoms with Gasteiger partial charge in [0.25, 0.3) is 5.91 Å². The number of hydrogen-bond donors (Lipinski definition) is 1. The summed E-state index contributed by atoms with van der Waals surface area (Å²) in [5.41, 5.74) is 1.74. The topological polar surface area (TPSA) is 38.3 Å². The number of rotatable bonds is 5. The molecular weight excluding hydrogens is 250 g/mol. The minimum Gasteiger partial charge on any atom is -0.494 e. The molecule has 1 aromatic carbocycles. The summed E-state index contributed by atoms with van der Waals surface area (Å²) >= 11 is 0. The van der Waals surface area contributed by atoms with Gasteiger partial charge in [-0.05, 0) is 56.4 Å². The molecule has 0 heterocycles. The van der Waals surface area contributed by atoms with E-state index in [2.05, 4.69) is 5.32 Å². The molecule has 1 aliphatic carbocycles. The highest BCUT2D eigenvalue weighted by atomic mass is 16.5. The molecule has 1 aromatic rings. The van der Waals surface area contributed by atoms with E-state index in [-0.39, 0.29) is 5.91 Å². The highest BCUT2D eigenvalue weighted by Crippen LogP contribution is 2.23. The third-order valence-corrected chi connectivity index (χ3v) is 4.01. The molecule has 1 amide bonds. The van der Waals surface area contributed by atoms with Crippen LogP contribution >= 0.6 is 0 Å². The molecule has 1 saturated carbocycles. The lowest BCUT2D eigenvalue weighted by molar-refractivity contribution is 0.0943. The molecule has 0 radical (unpaired) electrons. The van der Waals surface area contributed by atoms with Gasteiger partial charge in [-0.25, -0.2) is 0 Å². The van der Waals surface area contributed by atoms with Gasteiger partial charge in [-0.15, -0.1) is 0 Å². The van der Waals surface area contributed by atoms with E-state index in [1.54, 1.807) is 0 Å². The molecule has 1 fully saturated rings. The zero-order valence-electron chi connectivity index (χ0n) is 12.6. The van der Waals surface area contributed by atoms with Crippen LogP contribution in [0.1, 0.15) is 54.9 Å². The van der Waals surface area contributed by atoms with Gasteiger partial charge in [0.1, 0.15) is 5.75 Å². The van der Waals surface area contributed by atoms with E-state index >= 15 is 0 Å². The lowest BCUT2D eigenvalue weighted by Gasteiger charge is -2.21. The van der Waals surface area contributed by atoms with Crippen LogP contribution in [0.5, 0.6) is 5.75 Å². The smallest absolute Gasteiger partial charge is 0.251 e. The van der Waals surface area contributed by atoms with Crippen LogP contribution in [-0.2, 0) is 0 Å². The summed E-state index contributed by atoms with van der Waals surface area (Å²) in [5, 5.41) is 3.07. The first-order valence-corrected chi connectivity index (χ1v) is 7.72. The molecule has 1 N–H and O–H groups in total. The largest absolute Gasteiger partial charge is 0.494 e. The number of carbonyl (C=O) groups excluding carboxylic acids is 1. The molecule has 1 aliphatic rings. The molecule has 0 saturated heterocycles. The zero-order chi connectivity index (χ0) is 14.4. The summed E-state index contributed by atoms with van der Waals surface area (Å²) in [7, 11) is 0. The Morgan fingerprint density at radius 1 is 1.30 bits per heavy atom. The summed E-state index contributed by atoms with van der Waals surface area (Å²) in [5.74, 6) is 1.55. The first-order chi connectivity index (χ1) is 9.70. The van der Waals surface area contributed by atoms with Gasteiger partial charge in [0, 0.05) is 12.1 Å². The molecular formula is C17H25NO2. The zero-order valence-corrected chi connectivity index (χ0v) is 12.6. The van der Waals surface area contributed by atoms with E-state index in [0.29, 0.717) is 12.5 Å². The first kappa shape index (κ1) is 14.9. The number of aryl methyl sites for hydroxylation is 1. The average molecular weight is 275 g/mol. The van der Waals surface area contributed by atoms with Crippen molar-refractivity contribution in [3.05, 3.63) is 29.3 Å². The Bertz CT molecular complexity index is 450. The van der Waals surface area contributed by atoms with E-state index in [4.69, 9.17) is 4.74 Å². The molecule has 0 bridgehead atoms. The number of ether oxygens (including phenoxy) is 1. The van der Waals surface area contributed by atoms with Crippen molar-refractivity contribution in [2.75, 3.05) is 13.2 Å². The Hall–Kier alpha value is -1.51. The molecule has 0 atom stereocenters. The molecule has 110 valence electrons. The maximum atomic E-state index is 12.2. The van der Waals surface area contributed by atoms with Crippen molar-refractivity contribution in [1.29, 1.82) is 0 Å². The van der Waals surface area contributed by atoms with Crippen LogP contribution in [0.4, 0.5) is 0 Å². The van der Waals surface area contributed by atoms with E-state index in [0.717, 1.165) is 23.4 Å². The Labute approximate surface area is 121 Å². The predicted octanol–water partition coefficient (Wildman–Crippen LogP) is 3.70. The Kier molecular flexibility index (Phi) is 5.45. The molecule has 0 aliphatic heterocycles. The standard InChI is InChI=1S/C17H25NO2/c1-3-20-16-10-9-15(11-13(16)2)17(19)18-12-14-7-5-4-6-8-14/h9-11,14H,3-8,12H2,1-2H3,(H,18,19). The second-order valence-corrected chi connectivity index (χ2v) is 5.63. The molecule has 2 rings (SSSR count). The molecule has 3 heteroatoms.